The third-order valence-electron chi connectivity index (χ3n) is 2.02. The van der Waals surface area contributed by atoms with Crippen molar-refractivity contribution < 1.29 is 78.1 Å². The Morgan fingerprint density at radius 2 is 0.818 bits per heavy atom. The molecule has 0 unspecified atom stereocenters. The van der Waals surface area contributed by atoms with Crippen LogP contribution in [0.5, 0.6) is 0 Å². The van der Waals surface area contributed by atoms with Gasteiger partial charge in [0, 0.05) is 21.1 Å². The van der Waals surface area contributed by atoms with Gasteiger partial charge in [0.15, 0.2) is 0 Å². The van der Waals surface area contributed by atoms with E-state index in [1.165, 1.54) is 24.3 Å². The Morgan fingerprint density at radius 1 is 0.591 bits per heavy atom. The van der Waals surface area contributed by atoms with E-state index in [0.29, 0.717) is 0 Å². The molecule has 0 bridgehead atoms. The summed E-state index contributed by atoms with van der Waals surface area (Å²) in [5.41, 5.74) is 0.440. The van der Waals surface area contributed by atoms with Crippen LogP contribution in [0.15, 0.2) is 60.7 Å². The van der Waals surface area contributed by atoms with Crippen molar-refractivity contribution in [1.29, 1.82) is 0 Å². The third kappa shape index (κ3) is 11.6. The number of aromatic carboxylic acids is 2. The van der Waals surface area contributed by atoms with E-state index in [1.807, 2.05) is 0 Å². The van der Waals surface area contributed by atoms with Crippen LogP contribution in [0.25, 0.3) is 0 Å². The van der Waals surface area contributed by atoms with Crippen molar-refractivity contribution in [2.45, 2.75) is 0 Å². The molecule has 0 N–H and O–H groups in total. The monoisotopic (exact) mass is 445 g/mol. The van der Waals surface area contributed by atoms with E-state index < -0.39 is 11.9 Å². The fourth-order valence-electron chi connectivity index (χ4n) is 1.15. The Bertz CT molecular complexity index is 475. The molecule has 2 aromatic rings. The SMILES string of the molecule is O=C([O-])c1ccccc1.O=C([O-])c1ccccc1.[Cl-].[Cl-].[Cl-].[Mo]. The van der Waals surface area contributed by atoms with Crippen LogP contribution in [0, 0.1) is 0 Å². The fourth-order valence-corrected chi connectivity index (χ4v) is 1.15. The van der Waals surface area contributed by atoms with E-state index in [-0.39, 0.29) is 69.4 Å². The maximum Gasteiger partial charge on any atom is 0.0715 e. The average Bonchev–Trinajstić information content (AvgIpc) is 2.41. The molecule has 4 nitrogen and oxygen atoms in total. The first-order chi connectivity index (χ1) is 8.61. The van der Waals surface area contributed by atoms with E-state index in [2.05, 4.69) is 0 Å². The van der Waals surface area contributed by atoms with Gasteiger partial charge in [-0.3, -0.25) is 0 Å². The Morgan fingerprint density at radius 3 is 0.955 bits per heavy atom. The first-order valence-electron chi connectivity index (χ1n) is 5.14. The summed E-state index contributed by atoms with van der Waals surface area (Å²) in [6.07, 6.45) is 0. The van der Waals surface area contributed by atoms with Crippen molar-refractivity contribution in [1.82, 2.24) is 0 Å². The number of carbonyl (C=O) groups is 2. The van der Waals surface area contributed by atoms with Gasteiger partial charge < -0.3 is 57.0 Å². The summed E-state index contributed by atoms with van der Waals surface area (Å²) in [4.78, 5) is 20.2. The summed E-state index contributed by atoms with van der Waals surface area (Å²) in [7, 11) is 0. The van der Waals surface area contributed by atoms with Gasteiger partial charge in [-0.15, -0.1) is 0 Å². The molecule has 0 saturated heterocycles. The largest absolute Gasteiger partial charge is 1.00 e. The molecular weight excluding hydrogens is 434 g/mol. The number of benzene rings is 2. The van der Waals surface area contributed by atoms with E-state index in [9.17, 15) is 19.8 Å². The van der Waals surface area contributed by atoms with Crippen LogP contribution in [0.4, 0.5) is 0 Å². The Hall–Kier alpha value is -1.06. The molecule has 0 heterocycles. The predicted molar refractivity (Wildman–Crippen MR) is 61.5 cm³/mol. The maximum atomic E-state index is 10.1. The van der Waals surface area contributed by atoms with Crippen molar-refractivity contribution in [3.05, 3.63) is 71.8 Å². The number of hydrogen-bond acceptors (Lipinski definition) is 4. The minimum atomic E-state index is -1.13. The quantitative estimate of drug-likeness (QED) is 0.431. The molecule has 8 heteroatoms. The molecule has 0 aliphatic rings. The summed E-state index contributed by atoms with van der Waals surface area (Å²) < 4.78 is 0. The number of carboxylic acid groups (broad SMARTS) is 2. The molecule has 0 amide bonds. The molecule has 0 radical (unpaired) electrons. The van der Waals surface area contributed by atoms with Crippen LogP contribution in [0.3, 0.4) is 0 Å². The van der Waals surface area contributed by atoms with E-state index >= 15 is 0 Å². The van der Waals surface area contributed by atoms with Crippen LogP contribution >= 0.6 is 0 Å². The molecule has 0 saturated carbocycles. The topological polar surface area (TPSA) is 80.3 Å². The molecular formula is C14H10Cl3MoO4-5. The Kier molecular flexibility index (Phi) is 21.5. The Labute approximate surface area is 161 Å². The van der Waals surface area contributed by atoms with Crippen LogP contribution in [-0.2, 0) is 21.1 Å². The predicted octanol–water partition coefficient (Wildman–Crippen LogP) is -8.89. The van der Waals surface area contributed by atoms with E-state index in [4.69, 9.17) is 0 Å². The van der Waals surface area contributed by atoms with Crippen molar-refractivity contribution in [2.75, 3.05) is 0 Å². The van der Waals surface area contributed by atoms with Gasteiger partial charge in [0.25, 0.3) is 0 Å². The molecule has 0 aromatic heterocycles. The van der Waals surface area contributed by atoms with Crippen molar-refractivity contribution >= 4 is 11.9 Å². The number of carboxylic acids is 2. The van der Waals surface area contributed by atoms with Crippen molar-refractivity contribution in [2.24, 2.45) is 0 Å². The van der Waals surface area contributed by atoms with Gasteiger partial charge in [0.05, 0.1) is 11.9 Å². The van der Waals surface area contributed by atoms with E-state index in [1.54, 1.807) is 36.4 Å². The first-order valence-corrected chi connectivity index (χ1v) is 5.14. The smallest absolute Gasteiger partial charge is 0.0715 e. The summed E-state index contributed by atoms with van der Waals surface area (Å²) in [6, 6.07) is 16.1. The van der Waals surface area contributed by atoms with Gasteiger partial charge in [-0.05, 0) is 11.1 Å². The van der Waals surface area contributed by atoms with Crippen LogP contribution in [0.1, 0.15) is 20.7 Å². The zero-order valence-electron chi connectivity index (χ0n) is 10.9. The van der Waals surface area contributed by atoms with Gasteiger partial charge in [0.1, 0.15) is 0 Å². The van der Waals surface area contributed by atoms with Gasteiger partial charge >= 0.3 is 0 Å². The second kappa shape index (κ2) is 16.3. The fraction of sp³-hybridized carbons (Fsp3) is 0. The number of rotatable bonds is 2. The van der Waals surface area contributed by atoms with Crippen LogP contribution < -0.4 is 47.4 Å². The summed E-state index contributed by atoms with van der Waals surface area (Å²) in [6.45, 7) is 0. The third-order valence-corrected chi connectivity index (χ3v) is 2.02. The van der Waals surface area contributed by atoms with E-state index in [0.717, 1.165) is 0 Å². The van der Waals surface area contributed by atoms with Crippen LogP contribution in [-0.4, -0.2) is 11.9 Å². The summed E-state index contributed by atoms with van der Waals surface area (Å²) in [5.74, 6) is -2.26. The van der Waals surface area contributed by atoms with Gasteiger partial charge in [-0.1, -0.05) is 60.7 Å². The van der Waals surface area contributed by atoms with Crippen molar-refractivity contribution in [3.8, 4) is 0 Å². The van der Waals surface area contributed by atoms with Gasteiger partial charge in [-0.25, -0.2) is 0 Å². The minimum absolute atomic E-state index is 0. The molecule has 22 heavy (non-hydrogen) atoms. The number of halogens is 3. The summed E-state index contributed by atoms with van der Waals surface area (Å²) >= 11 is 0. The first kappa shape index (κ1) is 29.0. The molecule has 0 aliphatic carbocycles. The molecule has 0 spiro atoms. The minimum Gasteiger partial charge on any atom is -1.00 e. The molecule has 0 atom stereocenters. The Balaban J connectivity index is -0.000000125. The van der Waals surface area contributed by atoms with Gasteiger partial charge in [-0.2, -0.15) is 0 Å². The van der Waals surface area contributed by atoms with Gasteiger partial charge in [0.2, 0.25) is 0 Å². The standard InChI is InChI=1S/2C7H6O2.3ClH.Mo/c2*8-7(9)6-4-2-1-3-5-6;;;;/h2*1-5H,(H,8,9);3*1H;/p-5. The molecule has 2 aromatic carbocycles. The normalized spacial score (nSPS) is 7.27. The second-order valence-electron chi connectivity index (χ2n) is 3.31. The van der Waals surface area contributed by atoms with Crippen molar-refractivity contribution in [3.63, 3.8) is 0 Å². The number of hydrogen-bond donors (Lipinski definition) is 0. The summed E-state index contributed by atoms with van der Waals surface area (Å²) in [5, 5.41) is 20.2. The van der Waals surface area contributed by atoms with Crippen LogP contribution in [0.2, 0.25) is 0 Å². The number of carbonyl (C=O) groups excluding carboxylic acids is 2. The molecule has 0 aliphatic heterocycles. The zero-order valence-corrected chi connectivity index (χ0v) is 15.2. The average molecular weight is 445 g/mol. The molecule has 2 rings (SSSR count). The second-order valence-corrected chi connectivity index (χ2v) is 3.31. The maximum absolute atomic E-state index is 10.1. The zero-order chi connectivity index (χ0) is 13.4. The molecule has 122 valence electrons. The molecule has 0 fully saturated rings.